The van der Waals surface area contributed by atoms with Crippen LogP contribution < -0.4 is 73.0 Å². The first-order chi connectivity index (χ1) is 46.7. The summed E-state index contributed by atoms with van der Waals surface area (Å²) in [5, 5.41) is 162. The molecule has 22 atom stereocenters. The number of carbonyl (C=O) groups excluding carboxylic acids is 5. The first-order valence-electron chi connectivity index (χ1n) is 28.7. The predicted molar refractivity (Wildman–Crippen MR) is 315 cm³/mol. The third-order valence-corrected chi connectivity index (χ3v) is 15.5. The third-order valence-electron chi connectivity index (χ3n) is 15.5. The Morgan fingerprint density at radius 2 is 0.880 bits per heavy atom. The lowest BCUT2D eigenvalue weighted by atomic mass is 9.92. The van der Waals surface area contributed by atoms with Gasteiger partial charge in [-0.1, -0.05) is 6.08 Å². The second-order valence-electron chi connectivity index (χ2n) is 22.0. The first kappa shape index (κ1) is 81.1. The van der Waals surface area contributed by atoms with Crippen molar-refractivity contribution in [3.05, 3.63) is 109 Å². The average molecular weight is 1440 g/mol. The van der Waals surface area contributed by atoms with E-state index in [1.54, 1.807) is 0 Å². The number of ether oxygens (including phenoxy) is 5. The Balaban J connectivity index is 0.000000284. The highest BCUT2D eigenvalue weighted by Crippen LogP contribution is 2.35. The second-order valence-corrected chi connectivity index (χ2v) is 22.0. The molecule has 0 bridgehead atoms. The summed E-state index contributed by atoms with van der Waals surface area (Å²) in [5.74, 6) is -8.47. The summed E-state index contributed by atoms with van der Waals surface area (Å²) in [4.78, 5) is 172. The van der Waals surface area contributed by atoms with E-state index in [2.05, 4.69) is 14.8 Å². The summed E-state index contributed by atoms with van der Waals surface area (Å²) in [6.07, 6.45) is -27.8. The largest absolute Gasteiger partial charge is 0.480 e. The van der Waals surface area contributed by atoms with Gasteiger partial charge in [0.25, 0.3) is 16.7 Å². The number of nitrogens with two attached hydrogens (primary N) is 5. The molecule has 0 aromatic carbocycles. The van der Waals surface area contributed by atoms with Crippen molar-refractivity contribution in [3.8, 4) is 0 Å². The lowest BCUT2D eigenvalue weighted by Crippen LogP contribution is -2.67. The number of carboxylic acid groups (broad SMARTS) is 3. The first-order valence-corrected chi connectivity index (χ1v) is 28.7. The summed E-state index contributed by atoms with van der Waals surface area (Å²) >= 11 is 0. The Morgan fingerprint density at radius 3 is 1.19 bits per heavy atom. The van der Waals surface area contributed by atoms with E-state index in [-0.39, 0.29) is 23.2 Å². The molecule has 4 aliphatic rings. The number of aromatic nitrogens is 6. The van der Waals surface area contributed by atoms with Crippen LogP contribution in [0.3, 0.4) is 0 Å². The van der Waals surface area contributed by atoms with Gasteiger partial charge in [0, 0.05) is 25.1 Å². The molecule has 22 unspecified atom stereocenters. The number of nitrogens with one attached hydrogen (secondary N) is 5. The number of aliphatic carboxylic acids is 3. The van der Waals surface area contributed by atoms with Gasteiger partial charge < -0.3 is 150 Å². The minimum absolute atomic E-state index is 0.170. The van der Waals surface area contributed by atoms with Crippen LogP contribution in [0.25, 0.3) is 0 Å². The minimum Gasteiger partial charge on any atom is -0.480 e. The quantitative estimate of drug-likeness (QED) is 0.0350. The number of aromatic amines is 3. The van der Waals surface area contributed by atoms with E-state index in [1.165, 1.54) is 13.0 Å². The van der Waals surface area contributed by atoms with Crippen molar-refractivity contribution in [2.24, 2.45) is 28.7 Å². The highest BCUT2D eigenvalue weighted by atomic mass is 16.6. The number of amides is 5. The van der Waals surface area contributed by atoms with Gasteiger partial charge in [0.1, 0.15) is 117 Å². The van der Waals surface area contributed by atoms with Crippen molar-refractivity contribution >= 4 is 47.8 Å². The van der Waals surface area contributed by atoms with E-state index in [0.29, 0.717) is 14.7 Å². The topological polar surface area (TPSA) is 828 Å². The molecule has 3 aromatic heterocycles. The van der Waals surface area contributed by atoms with Crippen molar-refractivity contribution in [3.63, 3.8) is 0 Å². The molecule has 7 rings (SSSR count). The van der Waals surface area contributed by atoms with Crippen molar-refractivity contribution < 1.29 is 144 Å². The van der Waals surface area contributed by atoms with Gasteiger partial charge in [0.2, 0.25) is 17.7 Å². The smallest absolute Gasteiger partial charge is 0.404 e. The molecule has 49 heteroatoms. The molecular weight excluding hydrogens is 1370 g/mol. The Kier molecular flexibility index (Phi) is 27.9. The van der Waals surface area contributed by atoms with E-state index in [1.807, 2.05) is 20.3 Å². The lowest BCUT2D eigenvalue weighted by Gasteiger charge is -2.43. The number of H-pyrrole nitrogens is 3. The monoisotopic (exact) mass is 1440 g/mol. The van der Waals surface area contributed by atoms with Crippen LogP contribution in [0.1, 0.15) is 42.3 Å². The molecule has 100 heavy (non-hydrogen) atoms. The van der Waals surface area contributed by atoms with Crippen molar-refractivity contribution in [2.45, 2.75) is 161 Å². The normalized spacial score (nSPS) is 27.0. The van der Waals surface area contributed by atoms with Gasteiger partial charge in [-0.25, -0.2) is 33.6 Å². The van der Waals surface area contributed by atoms with Crippen molar-refractivity contribution in [1.82, 2.24) is 44.2 Å². The SMILES string of the molecule is C/C=C1\CN(C(=O)C(NC(=O)C(N)C(O)C(O)COC(N)=O)C2OC(n3cc(CO)c(=O)[nH]c3=O)C(O)C2O)C1C(=O)O.NC(=O)OCC(O)C(O)C(N)C(=O)NC(C(=O)O)C1OC(n2cc(CO)c(=O)[nH]c2=O)C(O)C1O.NC(C(=O)O)C1OC(n2cc(CO)c(=O)[nH]c2=O)C(O)C1O. The van der Waals surface area contributed by atoms with E-state index in [9.17, 15) is 139 Å². The van der Waals surface area contributed by atoms with Gasteiger partial charge in [-0.15, -0.1) is 0 Å². The zero-order valence-electron chi connectivity index (χ0n) is 51.3. The zero-order valence-corrected chi connectivity index (χ0v) is 51.3. The Bertz CT molecular complexity index is 3890. The van der Waals surface area contributed by atoms with Crippen LogP contribution in [0.2, 0.25) is 0 Å². The molecule has 7 heterocycles. The molecule has 0 saturated carbocycles. The minimum atomic E-state index is -2.09. The number of carboxylic acids is 3. The molecule has 5 amide bonds. The fourth-order valence-electron chi connectivity index (χ4n) is 10.00. The number of allylic oxidation sites excluding steroid dienone is 1. The summed E-state index contributed by atoms with van der Waals surface area (Å²) in [6.45, 7) is -2.65. The number of aliphatic hydroxyl groups excluding tert-OH is 13. The maximum Gasteiger partial charge on any atom is 0.404 e. The van der Waals surface area contributed by atoms with Gasteiger partial charge in [-0.05, 0) is 12.5 Å². The molecule has 556 valence electrons. The molecule has 0 aliphatic carbocycles. The van der Waals surface area contributed by atoms with Gasteiger partial charge in [-0.3, -0.25) is 62.2 Å². The Labute approximate surface area is 553 Å². The molecule has 0 radical (unpaired) electrons. The summed E-state index contributed by atoms with van der Waals surface area (Å²) in [6, 6.07) is -11.1. The molecule has 0 spiro atoms. The Morgan fingerprint density at radius 1 is 0.550 bits per heavy atom. The van der Waals surface area contributed by atoms with E-state index in [0.717, 1.165) is 28.1 Å². The summed E-state index contributed by atoms with van der Waals surface area (Å²) < 4.78 is 26.7. The number of likely N-dealkylation sites (tertiary alicyclic amines) is 1. The molecule has 31 N–H and O–H groups in total. The standard InChI is InChI=1S/C23H32N6O14.C17H25N5O13.C11H15N3O8/c1-2-7-3-28(12(7)21(38)39)19(37)11(26-18(36)10(24)13(32)9(31)6-42-22(25)40)16-14(33)15(34)20(43-16)29-4-8(5-30)17(35)27-23(29)41;18-6(8(25)5(24)3-34-16(19)32)13(29)20-7(15(30)31)11-9(26)10(27)14(35-11)22-1-4(2-23)12(28)21-17(22)33;12-4(10(19)20)7-5(16)6(17)9(22-7)14-1-3(2-15)8(18)13-11(14)21/h2,4,9-16,20,30-34H,3,5-6,24H2,1H3,(H2,25,40)(H,26,36)(H,38,39)(H,27,35,41);1,5-11,14,23-27H,2-3,18H2,(H2,19,32)(H,20,29)(H,30,31)(H,21,28,33);1,4-7,9,15-17H,2,12H2,(H,19,20)(H,13,18,21)/b7-2+;;. The fraction of sp³-hybridized carbons (Fsp3) is 0.569. The zero-order chi connectivity index (χ0) is 75.5. The highest BCUT2D eigenvalue weighted by Gasteiger charge is 2.55. The van der Waals surface area contributed by atoms with Gasteiger partial charge in [0.15, 0.2) is 30.8 Å². The van der Waals surface area contributed by atoms with E-state index >= 15 is 0 Å². The Hall–Kier alpha value is -9.62. The van der Waals surface area contributed by atoms with Gasteiger partial charge in [0.05, 0.1) is 36.5 Å². The van der Waals surface area contributed by atoms with Gasteiger partial charge >= 0.3 is 47.2 Å². The molecular formula is C51H72N14O35. The van der Waals surface area contributed by atoms with Crippen LogP contribution in [0.5, 0.6) is 0 Å². The van der Waals surface area contributed by atoms with Crippen molar-refractivity contribution in [1.29, 1.82) is 0 Å². The number of aliphatic hydroxyl groups is 13. The summed E-state index contributed by atoms with van der Waals surface area (Å²) in [7, 11) is 0. The molecule has 4 aliphatic heterocycles. The van der Waals surface area contributed by atoms with Crippen LogP contribution in [-0.4, -0.2) is 298 Å². The fourth-order valence-corrected chi connectivity index (χ4v) is 10.00. The average Bonchev–Trinajstić information content (AvgIpc) is 1.44. The number of hydrogen-bond acceptors (Lipinski definition) is 35. The van der Waals surface area contributed by atoms with Crippen LogP contribution in [0.15, 0.2) is 59.0 Å². The third kappa shape index (κ3) is 18.2. The number of carbonyl (C=O) groups is 8. The maximum atomic E-state index is 13.6. The van der Waals surface area contributed by atoms with E-state index in [4.69, 9.17) is 53.1 Å². The number of hydrogen-bond donors (Lipinski definition) is 26. The molecule has 49 nitrogen and oxygen atoms in total. The molecule has 4 saturated heterocycles. The maximum absolute atomic E-state index is 13.6. The number of nitrogens with zero attached hydrogens (tertiary/aromatic N) is 4. The van der Waals surface area contributed by atoms with Crippen LogP contribution in [-0.2, 0) is 72.3 Å². The number of primary amides is 2. The highest BCUT2D eigenvalue weighted by molar-refractivity contribution is 5.95. The second kappa shape index (κ2) is 34.4. The lowest BCUT2D eigenvalue weighted by molar-refractivity contribution is -0.157. The number of rotatable bonds is 25. The van der Waals surface area contributed by atoms with Crippen LogP contribution in [0, 0.1) is 0 Å². The predicted octanol–water partition coefficient (Wildman–Crippen LogP) is -17.1. The molecule has 4 fully saturated rings. The summed E-state index contributed by atoms with van der Waals surface area (Å²) in [5.41, 5.74) is 19.8. The van der Waals surface area contributed by atoms with Crippen molar-refractivity contribution in [2.75, 3.05) is 19.8 Å². The van der Waals surface area contributed by atoms with Gasteiger partial charge in [-0.2, -0.15) is 0 Å². The van der Waals surface area contributed by atoms with Crippen LogP contribution in [0.4, 0.5) is 9.59 Å². The van der Waals surface area contributed by atoms with E-state index < -0.39 is 249 Å². The van der Waals surface area contributed by atoms with Crippen LogP contribution >= 0.6 is 0 Å². The molecule has 3 aromatic rings.